The molecule has 0 aromatic heterocycles. The number of hydrogen-bond acceptors (Lipinski definition) is 3. The minimum absolute atomic E-state index is 0.314. The Labute approximate surface area is 83.1 Å². The highest BCUT2D eigenvalue weighted by Gasteiger charge is 2.11. The molecule has 74 valence electrons. The van der Waals surface area contributed by atoms with Gasteiger partial charge in [-0.05, 0) is 12.5 Å². The molecule has 0 heterocycles. The van der Waals surface area contributed by atoms with Crippen LogP contribution in [0.25, 0.3) is 0 Å². The van der Waals surface area contributed by atoms with Gasteiger partial charge < -0.3 is 9.59 Å². The van der Waals surface area contributed by atoms with Gasteiger partial charge in [0, 0.05) is 0 Å². The molecule has 3 heteroatoms. The van der Waals surface area contributed by atoms with Crippen LogP contribution in [0.2, 0.25) is 0 Å². The third-order valence-electron chi connectivity index (χ3n) is 1.94. The maximum atomic E-state index is 10.8. The van der Waals surface area contributed by atoms with E-state index in [-0.39, 0.29) is 6.04 Å². The first kappa shape index (κ1) is 10.6. The average molecular weight is 191 g/mol. The van der Waals surface area contributed by atoms with Gasteiger partial charge >= 0.3 is 0 Å². The Balaban J connectivity index is 2.72. The van der Waals surface area contributed by atoms with Gasteiger partial charge in [0.15, 0.2) is 0 Å². The van der Waals surface area contributed by atoms with Crippen molar-refractivity contribution in [2.24, 2.45) is 0 Å². The predicted octanol–water partition coefficient (Wildman–Crippen LogP) is 1.10. The van der Waals surface area contributed by atoms with Crippen molar-refractivity contribution in [2.75, 3.05) is 0 Å². The summed E-state index contributed by atoms with van der Waals surface area (Å²) in [6.07, 6.45) is 1.58. The largest absolute Gasteiger partial charge is 0.302 e. The highest BCUT2D eigenvalue weighted by Crippen LogP contribution is 2.09. The molecule has 2 atom stereocenters. The minimum atomic E-state index is -0.406. The number of nitrogens with one attached hydrogen (secondary N) is 1. The quantitative estimate of drug-likeness (QED) is 0.709. The van der Waals surface area contributed by atoms with Gasteiger partial charge in [0.2, 0.25) is 0 Å². The fraction of sp³-hybridized carbons (Fsp3) is 0.273. The van der Waals surface area contributed by atoms with Crippen molar-refractivity contribution < 1.29 is 9.59 Å². The zero-order valence-electron chi connectivity index (χ0n) is 8.01. The third kappa shape index (κ3) is 2.78. The summed E-state index contributed by atoms with van der Waals surface area (Å²) in [5.74, 6) is 0. The lowest BCUT2D eigenvalue weighted by Gasteiger charge is -2.14. The monoisotopic (exact) mass is 191 g/mol. The van der Waals surface area contributed by atoms with Crippen molar-refractivity contribution in [3.8, 4) is 0 Å². The molecule has 1 aromatic carbocycles. The maximum absolute atomic E-state index is 10.8. The van der Waals surface area contributed by atoms with E-state index in [1.165, 1.54) is 0 Å². The number of hydrogen-bond donors (Lipinski definition) is 1. The van der Waals surface area contributed by atoms with Crippen LogP contribution < -0.4 is 5.32 Å². The molecule has 3 nitrogen and oxygen atoms in total. The first-order valence-corrected chi connectivity index (χ1v) is 4.49. The molecule has 14 heavy (non-hydrogen) atoms. The van der Waals surface area contributed by atoms with Crippen LogP contribution in [-0.4, -0.2) is 18.6 Å². The molecule has 1 rings (SSSR count). The van der Waals surface area contributed by atoms with E-state index in [4.69, 9.17) is 0 Å². The van der Waals surface area contributed by atoms with Crippen LogP contribution in [-0.2, 0) is 9.59 Å². The Morgan fingerprint density at radius 2 is 1.79 bits per heavy atom. The van der Waals surface area contributed by atoms with Gasteiger partial charge in [0.05, 0.1) is 12.1 Å². The van der Waals surface area contributed by atoms with Gasteiger partial charge in [-0.2, -0.15) is 0 Å². The summed E-state index contributed by atoms with van der Waals surface area (Å²) < 4.78 is 0. The van der Waals surface area contributed by atoms with E-state index in [9.17, 15) is 9.59 Å². The van der Waals surface area contributed by atoms with Gasteiger partial charge in [-0.15, -0.1) is 0 Å². The molecule has 0 unspecified atom stereocenters. The summed E-state index contributed by atoms with van der Waals surface area (Å²) in [4.78, 5) is 21.2. The lowest BCUT2D eigenvalue weighted by molar-refractivity contribution is -0.111. The molecule has 0 bridgehead atoms. The number of aldehydes is 2. The minimum Gasteiger partial charge on any atom is -0.302 e. The summed E-state index contributed by atoms with van der Waals surface area (Å²) in [6.45, 7) is 1.71. The van der Waals surface area contributed by atoms with Gasteiger partial charge in [0.1, 0.15) is 12.6 Å². The second kappa shape index (κ2) is 5.29. The normalized spacial score (nSPS) is 14.4. The zero-order chi connectivity index (χ0) is 10.4. The van der Waals surface area contributed by atoms with Gasteiger partial charge in [-0.25, -0.2) is 0 Å². The molecule has 0 amide bonds. The van der Waals surface area contributed by atoms with Crippen molar-refractivity contribution >= 4 is 12.6 Å². The van der Waals surface area contributed by atoms with Crippen LogP contribution in [0.4, 0.5) is 0 Å². The number of benzene rings is 1. The Morgan fingerprint density at radius 3 is 2.29 bits per heavy atom. The average Bonchev–Trinajstić information content (AvgIpc) is 2.26. The Morgan fingerprint density at radius 1 is 1.14 bits per heavy atom. The summed E-state index contributed by atoms with van der Waals surface area (Å²) in [5.41, 5.74) is 0.871. The van der Waals surface area contributed by atoms with Crippen molar-refractivity contribution in [2.45, 2.75) is 19.0 Å². The van der Waals surface area contributed by atoms with E-state index in [0.717, 1.165) is 18.1 Å². The van der Waals surface area contributed by atoms with Crippen LogP contribution in [0.5, 0.6) is 0 Å². The Hall–Kier alpha value is -1.48. The molecule has 1 aromatic rings. The topological polar surface area (TPSA) is 46.2 Å². The van der Waals surface area contributed by atoms with Gasteiger partial charge in [-0.3, -0.25) is 5.32 Å². The Bertz CT molecular complexity index is 297. The van der Waals surface area contributed by atoms with Crippen molar-refractivity contribution in [3.63, 3.8) is 0 Å². The van der Waals surface area contributed by atoms with E-state index in [0.29, 0.717) is 0 Å². The van der Waals surface area contributed by atoms with Crippen LogP contribution in [0.1, 0.15) is 18.5 Å². The molecule has 1 N–H and O–H groups in total. The van der Waals surface area contributed by atoms with Gasteiger partial charge in [0.25, 0.3) is 0 Å². The highest BCUT2D eigenvalue weighted by atomic mass is 16.1. The van der Waals surface area contributed by atoms with Crippen LogP contribution in [0, 0.1) is 0 Å². The van der Waals surface area contributed by atoms with Crippen molar-refractivity contribution in [1.29, 1.82) is 0 Å². The van der Waals surface area contributed by atoms with E-state index < -0.39 is 6.04 Å². The molecule has 0 fully saturated rings. The molecule has 0 spiro atoms. The van der Waals surface area contributed by atoms with Crippen LogP contribution in [0.15, 0.2) is 30.3 Å². The number of carbonyl (C=O) groups is 2. The molecular weight excluding hydrogens is 178 g/mol. The van der Waals surface area contributed by atoms with Gasteiger partial charge in [-0.1, -0.05) is 30.3 Å². The lowest BCUT2D eigenvalue weighted by atomic mass is 10.1. The van der Waals surface area contributed by atoms with E-state index >= 15 is 0 Å². The zero-order valence-corrected chi connectivity index (χ0v) is 8.01. The van der Waals surface area contributed by atoms with E-state index in [1.54, 1.807) is 6.92 Å². The van der Waals surface area contributed by atoms with E-state index in [1.807, 2.05) is 30.3 Å². The standard InChI is InChI=1S/C11H13NO2/c1-9(7-13)12-11(8-14)10-5-3-2-4-6-10/h2-9,11-12H,1H3/t9-,11-/m0/s1. The predicted molar refractivity (Wildman–Crippen MR) is 53.9 cm³/mol. The summed E-state index contributed by atoms with van der Waals surface area (Å²) in [5, 5.41) is 2.90. The molecule has 0 radical (unpaired) electrons. The molecule has 0 saturated heterocycles. The van der Waals surface area contributed by atoms with Crippen molar-refractivity contribution in [1.82, 2.24) is 5.32 Å². The van der Waals surface area contributed by atoms with Crippen molar-refractivity contribution in [3.05, 3.63) is 35.9 Å². The maximum Gasteiger partial charge on any atom is 0.141 e. The van der Waals surface area contributed by atoms with Crippen LogP contribution >= 0.6 is 0 Å². The van der Waals surface area contributed by atoms with Crippen LogP contribution in [0.3, 0.4) is 0 Å². The molecule has 0 aliphatic carbocycles. The molecule has 0 aliphatic rings. The lowest BCUT2D eigenvalue weighted by Crippen LogP contribution is -2.32. The fourth-order valence-electron chi connectivity index (χ4n) is 1.20. The Kier molecular flexibility index (Phi) is 4.01. The smallest absolute Gasteiger partial charge is 0.141 e. The summed E-state index contributed by atoms with van der Waals surface area (Å²) >= 11 is 0. The number of rotatable bonds is 5. The third-order valence-corrected chi connectivity index (χ3v) is 1.94. The molecule has 0 aliphatic heterocycles. The first-order valence-electron chi connectivity index (χ1n) is 4.49. The second-order valence-electron chi connectivity index (χ2n) is 3.12. The number of carbonyl (C=O) groups excluding carboxylic acids is 2. The molecule has 0 saturated carbocycles. The summed E-state index contributed by atoms with van der Waals surface area (Å²) in [6, 6.07) is 8.58. The second-order valence-corrected chi connectivity index (χ2v) is 3.12. The summed E-state index contributed by atoms with van der Waals surface area (Å²) in [7, 11) is 0. The molecular formula is C11H13NO2. The first-order chi connectivity index (χ1) is 6.77. The highest BCUT2D eigenvalue weighted by molar-refractivity contribution is 5.64. The van der Waals surface area contributed by atoms with E-state index in [2.05, 4.69) is 5.32 Å². The fourth-order valence-corrected chi connectivity index (χ4v) is 1.20. The SMILES string of the molecule is C[C@@H](C=O)N[C@@H](C=O)c1ccccc1.